The number of aromatic nitrogens is 2. The summed E-state index contributed by atoms with van der Waals surface area (Å²) in [6.07, 6.45) is 4.31. The van der Waals surface area contributed by atoms with Gasteiger partial charge in [-0.3, -0.25) is 14.4 Å². The van der Waals surface area contributed by atoms with Crippen molar-refractivity contribution < 1.29 is 14.4 Å². The number of nitrogens with one attached hydrogen (secondary N) is 1. The van der Waals surface area contributed by atoms with Gasteiger partial charge in [-0.05, 0) is 19.3 Å². The van der Waals surface area contributed by atoms with E-state index >= 15 is 0 Å². The standard InChI is InChI=1S/C18H25N5O3/c1-3-7-19-17(25)15-14-6-4-5-8-23(14)16(20-15)18(26)22-11-9-21(10-12-22)13(2)24/h3H,1,4-12H2,2H3,(H,19,25). The molecule has 1 N–H and O–H groups in total. The SMILES string of the molecule is C=CCNC(=O)c1nc(C(=O)N2CCN(C(C)=O)CC2)n2c1CCCC2. The molecule has 3 heterocycles. The Morgan fingerprint density at radius 3 is 2.46 bits per heavy atom. The Balaban J connectivity index is 1.82. The van der Waals surface area contributed by atoms with Gasteiger partial charge < -0.3 is 19.7 Å². The Bertz CT molecular complexity index is 731. The highest BCUT2D eigenvalue weighted by atomic mass is 16.2. The summed E-state index contributed by atoms with van der Waals surface area (Å²) >= 11 is 0. The summed E-state index contributed by atoms with van der Waals surface area (Å²) < 4.78 is 1.89. The average molecular weight is 359 g/mol. The van der Waals surface area contributed by atoms with Crippen molar-refractivity contribution in [1.29, 1.82) is 0 Å². The maximum atomic E-state index is 13.0. The molecule has 0 atom stereocenters. The predicted molar refractivity (Wildman–Crippen MR) is 95.9 cm³/mol. The fourth-order valence-electron chi connectivity index (χ4n) is 3.50. The van der Waals surface area contributed by atoms with E-state index in [0.29, 0.717) is 50.8 Å². The number of piperazine rings is 1. The molecular formula is C18H25N5O3. The van der Waals surface area contributed by atoms with E-state index in [1.54, 1.807) is 15.9 Å². The molecule has 1 fully saturated rings. The summed E-state index contributed by atoms with van der Waals surface area (Å²) in [5.74, 6) is -0.0775. The molecule has 3 amide bonds. The van der Waals surface area contributed by atoms with Crippen molar-refractivity contribution in [2.45, 2.75) is 32.7 Å². The van der Waals surface area contributed by atoms with E-state index in [2.05, 4.69) is 16.9 Å². The molecule has 8 heteroatoms. The van der Waals surface area contributed by atoms with E-state index in [-0.39, 0.29) is 17.7 Å². The zero-order valence-electron chi connectivity index (χ0n) is 15.2. The fourth-order valence-corrected chi connectivity index (χ4v) is 3.50. The van der Waals surface area contributed by atoms with Gasteiger partial charge in [0.05, 0.1) is 5.69 Å². The lowest BCUT2D eigenvalue weighted by molar-refractivity contribution is -0.130. The second kappa shape index (κ2) is 7.72. The van der Waals surface area contributed by atoms with Crippen molar-refractivity contribution in [3.05, 3.63) is 29.9 Å². The van der Waals surface area contributed by atoms with Crippen LogP contribution in [0.5, 0.6) is 0 Å². The Morgan fingerprint density at radius 1 is 1.12 bits per heavy atom. The lowest BCUT2D eigenvalue weighted by Gasteiger charge is -2.34. The molecule has 2 aliphatic rings. The molecule has 1 aromatic heterocycles. The second-order valence-corrected chi connectivity index (χ2v) is 6.64. The topological polar surface area (TPSA) is 87.5 Å². The van der Waals surface area contributed by atoms with E-state index in [1.165, 1.54) is 6.92 Å². The number of carbonyl (C=O) groups is 3. The molecule has 0 unspecified atom stereocenters. The lowest BCUT2D eigenvalue weighted by atomic mass is 10.1. The summed E-state index contributed by atoms with van der Waals surface area (Å²) in [6.45, 7) is 8.23. The molecule has 1 saturated heterocycles. The van der Waals surface area contributed by atoms with Crippen LogP contribution < -0.4 is 5.32 Å². The molecule has 1 aromatic rings. The first-order chi connectivity index (χ1) is 12.5. The van der Waals surface area contributed by atoms with Gasteiger partial charge in [0, 0.05) is 46.2 Å². The van der Waals surface area contributed by atoms with Crippen molar-refractivity contribution in [1.82, 2.24) is 24.7 Å². The Kier molecular flexibility index (Phi) is 5.39. The van der Waals surface area contributed by atoms with E-state index in [0.717, 1.165) is 25.0 Å². The fraction of sp³-hybridized carbons (Fsp3) is 0.556. The summed E-state index contributed by atoms with van der Waals surface area (Å²) in [6, 6.07) is 0. The Hall–Kier alpha value is -2.64. The lowest BCUT2D eigenvalue weighted by Crippen LogP contribution is -2.50. The highest BCUT2D eigenvalue weighted by Gasteiger charge is 2.31. The molecule has 3 rings (SSSR count). The van der Waals surface area contributed by atoms with Crippen LogP contribution in [0.1, 0.15) is 46.6 Å². The normalized spacial score (nSPS) is 16.8. The first-order valence-electron chi connectivity index (χ1n) is 9.06. The molecule has 0 radical (unpaired) electrons. The monoisotopic (exact) mass is 359 g/mol. The summed E-state index contributed by atoms with van der Waals surface area (Å²) in [4.78, 5) is 44.7. The van der Waals surface area contributed by atoms with Gasteiger partial charge in [-0.1, -0.05) is 6.08 Å². The van der Waals surface area contributed by atoms with E-state index in [9.17, 15) is 14.4 Å². The number of hydrogen-bond donors (Lipinski definition) is 1. The molecule has 140 valence electrons. The number of amides is 3. The number of rotatable bonds is 4. The molecule has 0 saturated carbocycles. The first kappa shape index (κ1) is 18.2. The van der Waals surface area contributed by atoms with E-state index in [1.807, 2.05) is 4.57 Å². The molecule has 0 aromatic carbocycles. The molecule has 8 nitrogen and oxygen atoms in total. The second-order valence-electron chi connectivity index (χ2n) is 6.64. The maximum absolute atomic E-state index is 13.0. The van der Waals surface area contributed by atoms with Gasteiger partial charge in [0.1, 0.15) is 5.69 Å². The van der Waals surface area contributed by atoms with Crippen molar-refractivity contribution in [2.75, 3.05) is 32.7 Å². The summed E-state index contributed by atoms with van der Waals surface area (Å²) in [7, 11) is 0. The molecule has 0 spiro atoms. The van der Waals surface area contributed by atoms with E-state index in [4.69, 9.17) is 0 Å². The minimum absolute atomic E-state index is 0.0245. The van der Waals surface area contributed by atoms with Gasteiger partial charge in [0.15, 0.2) is 5.82 Å². The van der Waals surface area contributed by atoms with Crippen LogP contribution in [0, 0.1) is 0 Å². The Labute approximate surface area is 152 Å². The van der Waals surface area contributed by atoms with Crippen molar-refractivity contribution in [3.8, 4) is 0 Å². The van der Waals surface area contributed by atoms with Crippen LogP contribution in [0.15, 0.2) is 12.7 Å². The minimum Gasteiger partial charge on any atom is -0.347 e. The maximum Gasteiger partial charge on any atom is 0.290 e. The number of nitrogens with zero attached hydrogens (tertiary/aromatic N) is 4. The largest absolute Gasteiger partial charge is 0.347 e. The van der Waals surface area contributed by atoms with Gasteiger partial charge in [-0.25, -0.2) is 4.98 Å². The van der Waals surface area contributed by atoms with Crippen molar-refractivity contribution in [2.24, 2.45) is 0 Å². The number of carbonyl (C=O) groups excluding carboxylic acids is 3. The van der Waals surface area contributed by atoms with Crippen LogP contribution in [0.2, 0.25) is 0 Å². The van der Waals surface area contributed by atoms with Gasteiger partial charge in [-0.2, -0.15) is 0 Å². The smallest absolute Gasteiger partial charge is 0.290 e. The third kappa shape index (κ3) is 3.49. The van der Waals surface area contributed by atoms with Crippen LogP contribution in [0.25, 0.3) is 0 Å². The van der Waals surface area contributed by atoms with Gasteiger partial charge in [-0.15, -0.1) is 6.58 Å². The summed E-state index contributed by atoms with van der Waals surface area (Å²) in [5.41, 5.74) is 1.18. The van der Waals surface area contributed by atoms with Gasteiger partial charge in [0.25, 0.3) is 11.8 Å². The number of fused-ring (bicyclic) bond motifs is 1. The quantitative estimate of drug-likeness (QED) is 0.790. The number of hydrogen-bond acceptors (Lipinski definition) is 4. The van der Waals surface area contributed by atoms with Gasteiger partial charge in [0.2, 0.25) is 5.91 Å². The van der Waals surface area contributed by atoms with Gasteiger partial charge >= 0.3 is 0 Å². The molecular weight excluding hydrogens is 334 g/mol. The van der Waals surface area contributed by atoms with Crippen LogP contribution in [0.3, 0.4) is 0 Å². The van der Waals surface area contributed by atoms with Crippen LogP contribution in [-0.4, -0.2) is 69.8 Å². The zero-order chi connectivity index (χ0) is 18.7. The summed E-state index contributed by atoms with van der Waals surface area (Å²) in [5, 5.41) is 2.75. The highest BCUT2D eigenvalue weighted by Crippen LogP contribution is 2.22. The third-order valence-electron chi connectivity index (χ3n) is 4.94. The van der Waals surface area contributed by atoms with Crippen molar-refractivity contribution in [3.63, 3.8) is 0 Å². The van der Waals surface area contributed by atoms with E-state index < -0.39 is 0 Å². The van der Waals surface area contributed by atoms with Crippen LogP contribution in [-0.2, 0) is 17.8 Å². The average Bonchev–Trinajstić information content (AvgIpc) is 3.05. The molecule has 0 aliphatic carbocycles. The minimum atomic E-state index is -0.268. The highest BCUT2D eigenvalue weighted by molar-refractivity contribution is 5.97. The zero-order valence-corrected chi connectivity index (χ0v) is 15.2. The van der Waals surface area contributed by atoms with Crippen LogP contribution >= 0.6 is 0 Å². The third-order valence-corrected chi connectivity index (χ3v) is 4.94. The number of imidazole rings is 1. The molecule has 0 bridgehead atoms. The van der Waals surface area contributed by atoms with Crippen molar-refractivity contribution >= 4 is 17.7 Å². The predicted octanol–water partition coefficient (Wildman–Crippen LogP) is 0.440. The van der Waals surface area contributed by atoms with Crippen LogP contribution in [0.4, 0.5) is 0 Å². The Morgan fingerprint density at radius 2 is 1.81 bits per heavy atom. The molecule has 2 aliphatic heterocycles. The first-order valence-corrected chi connectivity index (χ1v) is 9.06. The molecule has 26 heavy (non-hydrogen) atoms.